The number of sulfonamides is 1. The van der Waals surface area contributed by atoms with Gasteiger partial charge < -0.3 is 9.67 Å². The molecule has 2 N–H and O–H groups in total. The van der Waals surface area contributed by atoms with Gasteiger partial charge in [-0.2, -0.15) is 0 Å². The molecule has 10 heteroatoms. The minimum atomic E-state index is -4.23. The van der Waals surface area contributed by atoms with Crippen molar-refractivity contribution in [1.29, 1.82) is 0 Å². The minimum absolute atomic E-state index is 0.392. The summed E-state index contributed by atoms with van der Waals surface area (Å²) in [6.07, 6.45) is 0.904. The van der Waals surface area contributed by atoms with E-state index in [-0.39, 0.29) is 0 Å². The molecule has 1 aromatic rings. The Morgan fingerprint density at radius 1 is 1.33 bits per heavy atom. The summed E-state index contributed by atoms with van der Waals surface area (Å²) in [5.74, 6) is -1.18. The highest BCUT2D eigenvalue weighted by atomic mass is 32.2. The molecule has 1 aromatic heterocycles. The van der Waals surface area contributed by atoms with Crippen LogP contribution in [0.1, 0.15) is 13.8 Å². The van der Waals surface area contributed by atoms with Crippen molar-refractivity contribution in [3.8, 4) is 0 Å². The molecular weight excluding hydrogens is 302 g/mol. The number of carbonyl (C=O) groups is 1. The highest BCUT2D eigenvalue weighted by molar-refractivity contribution is 7.89. The Hall–Kier alpha value is -1.94. The van der Waals surface area contributed by atoms with E-state index in [1.165, 1.54) is 20.9 Å². The van der Waals surface area contributed by atoms with Crippen molar-refractivity contribution in [1.82, 2.24) is 13.9 Å². The van der Waals surface area contributed by atoms with Gasteiger partial charge in [0.15, 0.2) is 4.90 Å². The van der Waals surface area contributed by atoms with Gasteiger partial charge in [-0.05, 0) is 13.8 Å². The van der Waals surface area contributed by atoms with Crippen LogP contribution in [0.2, 0.25) is 0 Å². The second-order valence-corrected chi connectivity index (χ2v) is 7.00. The zero-order valence-corrected chi connectivity index (χ0v) is 12.9. The molecule has 0 radical (unpaired) electrons. The molecule has 0 saturated heterocycles. The van der Waals surface area contributed by atoms with E-state index in [0.717, 1.165) is 17.8 Å². The first kappa shape index (κ1) is 17.1. The first-order valence-electron chi connectivity index (χ1n) is 5.90. The molecule has 0 amide bonds. The molecule has 21 heavy (non-hydrogen) atoms. The van der Waals surface area contributed by atoms with Crippen LogP contribution in [0, 0.1) is 5.41 Å². The maximum Gasteiger partial charge on any atom is 0.330 e. The summed E-state index contributed by atoms with van der Waals surface area (Å²) in [5, 5.41) is 8.94. The van der Waals surface area contributed by atoms with Crippen LogP contribution in [0.3, 0.4) is 0 Å². The van der Waals surface area contributed by atoms with E-state index in [1.807, 2.05) is 0 Å². The van der Waals surface area contributed by atoms with Gasteiger partial charge in [-0.1, -0.05) is 0 Å². The number of aliphatic carboxylic acids is 1. The van der Waals surface area contributed by atoms with E-state index in [4.69, 9.17) is 5.11 Å². The molecule has 0 aliphatic carbocycles. The molecule has 0 saturated carbocycles. The molecule has 0 fully saturated rings. The fourth-order valence-corrected chi connectivity index (χ4v) is 2.76. The van der Waals surface area contributed by atoms with E-state index in [2.05, 4.69) is 4.72 Å². The highest BCUT2D eigenvalue weighted by Crippen LogP contribution is 2.14. The van der Waals surface area contributed by atoms with Gasteiger partial charge in [0.1, 0.15) is 0 Å². The standard InChI is InChI=1S/C11H17N3O6S/c1-11(2,9(16)17)6-12-21(19,20)7-5-13(3)10(18)14(4)8(7)15/h5,12H,6H2,1-4H3,(H,16,17). The predicted octanol–water partition coefficient (Wildman–Crippen LogP) is -1.53. The van der Waals surface area contributed by atoms with Gasteiger partial charge in [0.25, 0.3) is 5.56 Å². The Labute approximate surface area is 120 Å². The SMILES string of the molecule is Cn1cc(S(=O)(=O)NCC(C)(C)C(=O)O)c(=O)n(C)c1=O. The van der Waals surface area contributed by atoms with Gasteiger partial charge in [-0.25, -0.2) is 17.9 Å². The van der Waals surface area contributed by atoms with Crippen LogP contribution >= 0.6 is 0 Å². The van der Waals surface area contributed by atoms with Crippen molar-refractivity contribution in [2.75, 3.05) is 6.54 Å². The first-order chi connectivity index (χ1) is 9.40. The predicted molar refractivity (Wildman–Crippen MR) is 73.5 cm³/mol. The third kappa shape index (κ3) is 3.39. The number of carboxylic acid groups (broad SMARTS) is 1. The molecule has 9 nitrogen and oxygen atoms in total. The lowest BCUT2D eigenvalue weighted by Crippen LogP contribution is -2.44. The van der Waals surface area contributed by atoms with Gasteiger partial charge in [0.2, 0.25) is 10.0 Å². The molecule has 0 spiro atoms. The summed E-state index contributed by atoms with van der Waals surface area (Å²) in [6.45, 7) is 2.30. The minimum Gasteiger partial charge on any atom is -0.481 e. The lowest BCUT2D eigenvalue weighted by Gasteiger charge is -2.19. The molecule has 0 bridgehead atoms. The lowest BCUT2D eigenvalue weighted by molar-refractivity contribution is -0.146. The average molecular weight is 319 g/mol. The topological polar surface area (TPSA) is 127 Å². The number of hydrogen-bond donors (Lipinski definition) is 2. The number of aromatic nitrogens is 2. The van der Waals surface area contributed by atoms with Crippen LogP contribution in [-0.2, 0) is 28.9 Å². The molecule has 0 unspecified atom stereocenters. The monoisotopic (exact) mass is 319 g/mol. The van der Waals surface area contributed by atoms with Crippen LogP contribution in [-0.4, -0.2) is 35.2 Å². The first-order valence-corrected chi connectivity index (χ1v) is 7.38. The van der Waals surface area contributed by atoms with Gasteiger partial charge >= 0.3 is 11.7 Å². The normalized spacial score (nSPS) is 12.4. The molecule has 118 valence electrons. The van der Waals surface area contributed by atoms with Crippen LogP contribution in [0.4, 0.5) is 0 Å². The molecule has 0 aliphatic rings. The van der Waals surface area contributed by atoms with Crippen molar-refractivity contribution >= 4 is 16.0 Å². The summed E-state index contributed by atoms with van der Waals surface area (Å²) in [6, 6.07) is 0. The van der Waals surface area contributed by atoms with E-state index >= 15 is 0 Å². The van der Waals surface area contributed by atoms with Gasteiger partial charge in [0.05, 0.1) is 5.41 Å². The van der Waals surface area contributed by atoms with Crippen molar-refractivity contribution < 1.29 is 18.3 Å². The van der Waals surface area contributed by atoms with Gasteiger partial charge in [-0.15, -0.1) is 0 Å². The lowest BCUT2D eigenvalue weighted by atomic mass is 9.95. The van der Waals surface area contributed by atoms with E-state index < -0.39 is 44.1 Å². The maximum atomic E-state index is 12.1. The number of nitrogens with one attached hydrogen (secondary N) is 1. The second-order valence-electron chi connectivity index (χ2n) is 5.26. The third-order valence-electron chi connectivity index (χ3n) is 2.99. The molecule has 0 aliphatic heterocycles. The Morgan fingerprint density at radius 2 is 1.86 bits per heavy atom. The van der Waals surface area contributed by atoms with E-state index in [0.29, 0.717) is 4.57 Å². The van der Waals surface area contributed by atoms with E-state index in [1.54, 1.807) is 0 Å². The zero-order valence-electron chi connectivity index (χ0n) is 12.1. The number of hydrogen-bond acceptors (Lipinski definition) is 5. The van der Waals surface area contributed by atoms with E-state index in [9.17, 15) is 22.8 Å². The van der Waals surface area contributed by atoms with Crippen LogP contribution in [0.25, 0.3) is 0 Å². The Bertz CT molecular complexity index is 787. The Kier molecular flexibility index (Phi) is 4.44. The average Bonchev–Trinajstić information content (AvgIpc) is 2.38. The fourth-order valence-electron chi connectivity index (χ4n) is 1.39. The quantitative estimate of drug-likeness (QED) is 0.678. The van der Waals surface area contributed by atoms with Crippen LogP contribution < -0.4 is 16.0 Å². The highest BCUT2D eigenvalue weighted by Gasteiger charge is 2.30. The van der Waals surface area contributed by atoms with Crippen molar-refractivity contribution in [3.63, 3.8) is 0 Å². The van der Waals surface area contributed by atoms with Crippen LogP contribution in [0.15, 0.2) is 20.7 Å². The molecule has 1 heterocycles. The summed E-state index contributed by atoms with van der Waals surface area (Å²) < 4.78 is 27.9. The number of carboxylic acids is 1. The Balaban J connectivity index is 3.26. The number of rotatable bonds is 5. The largest absolute Gasteiger partial charge is 0.481 e. The maximum absolute atomic E-state index is 12.1. The van der Waals surface area contributed by atoms with Crippen molar-refractivity contribution in [3.05, 3.63) is 27.0 Å². The molecular formula is C11H17N3O6S. The number of nitrogens with zero attached hydrogens (tertiary/aromatic N) is 2. The molecule has 1 rings (SSSR count). The number of aryl methyl sites for hydroxylation is 1. The van der Waals surface area contributed by atoms with Crippen LogP contribution in [0.5, 0.6) is 0 Å². The third-order valence-corrected chi connectivity index (χ3v) is 4.37. The summed E-state index contributed by atoms with van der Waals surface area (Å²) >= 11 is 0. The molecule has 0 atom stereocenters. The zero-order chi connectivity index (χ0) is 16.6. The smallest absolute Gasteiger partial charge is 0.330 e. The fraction of sp³-hybridized carbons (Fsp3) is 0.545. The van der Waals surface area contributed by atoms with Gasteiger partial charge in [0, 0.05) is 26.8 Å². The summed E-state index contributed by atoms with van der Waals surface area (Å²) in [7, 11) is -1.76. The summed E-state index contributed by atoms with van der Waals surface area (Å²) in [5.41, 5.74) is -2.97. The Morgan fingerprint density at radius 3 is 2.33 bits per heavy atom. The molecule has 0 aromatic carbocycles. The van der Waals surface area contributed by atoms with Gasteiger partial charge in [-0.3, -0.25) is 14.2 Å². The summed E-state index contributed by atoms with van der Waals surface area (Å²) in [4.78, 5) is 33.7. The van der Waals surface area contributed by atoms with Crippen molar-refractivity contribution in [2.24, 2.45) is 19.5 Å². The van der Waals surface area contributed by atoms with Crippen molar-refractivity contribution in [2.45, 2.75) is 18.7 Å². The second kappa shape index (κ2) is 5.45.